The maximum atomic E-state index is 13.3. The van der Waals surface area contributed by atoms with Gasteiger partial charge in [-0.3, -0.25) is 4.98 Å². The van der Waals surface area contributed by atoms with Crippen LogP contribution in [0.2, 0.25) is 25.7 Å². The van der Waals surface area contributed by atoms with Crippen molar-refractivity contribution in [2.45, 2.75) is 45.5 Å². The molecule has 1 aromatic carbocycles. The van der Waals surface area contributed by atoms with Gasteiger partial charge in [0.1, 0.15) is 18.3 Å². The molecule has 0 aliphatic rings. The Morgan fingerprint density at radius 1 is 1.13 bits per heavy atom. The molecular weight excluding hydrogens is 423 g/mol. The van der Waals surface area contributed by atoms with E-state index in [4.69, 9.17) is 4.74 Å². The van der Waals surface area contributed by atoms with E-state index in [-0.39, 0.29) is 18.3 Å². The fourth-order valence-corrected chi connectivity index (χ4v) is 3.80. The second-order valence-corrected chi connectivity index (χ2v) is 14.3. The molecule has 3 rings (SSSR count). The highest BCUT2D eigenvalue weighted by molar-refractivity contribution is 6.76. The van der Waals surface area contributed by atoms with E-state index < -0.39 is 19.9 Å². The lowest BCUT2D eigenvalue weighted by molar-refractivity contribution is -0.141. The lowest BCUT2D eigenvalue weighted by Crippen LogP contribution is -2.22. The number of hydrogen-bond donors (Lipinski definition) is 1. The minimum atomic E-state index is -4.55. The lowest BCUT2D eigenvalue weighted by atomic mass is 10.0. The first-order valence-electron chi connectivity index (χ1n) is 9.92. The van der Waals surface area contributed by atoms with Crippen LogP contribution in [0.15, 0.2) is 42.7 Å². The summed E-state index contributed by atoms with van der Waals surface area (Å²) in [6.07, 6.45) is -2.07. The molecule has 2 heterocycles. The Morgan fingerprint density at radius 3 is 2.45 bits per heavy atom. The van der Waals surface area contributed by atoms with Gasteiger partial charge >= 0.3 is 6.18 Å². The number of phenols is 1. The first kappa shape index (κ1) is 23.0. The Labute approximate surface area is 180 Å². The van der Waals surface area contributed by atoms with Crippen LogP contribution < -0.4 is 0 Å². The molecular formula is C22H26F3N3O2Si. The number of aryl methyl sites for hydroxylation is 1. The zero-order valence-electron chi connectivity index (χ0n) is 18.0. The van der Waals surface area contributed by atoms with Crippen molar-refractivity contribution >= 4 is 8.07 Å². The summed E-state index contributed by atoms with van der Waals surface area (Å²) in [5.74, 6) is 0.315. The van der Waals surface area contributed by atoms with Crippen LogP contribution in [0.4, 0.5) is 13.2 Å². The van der Waals surface area contributed by atoms with Gasteiger partial charge in [0.25, 0.3) is 0 Å². The van der Waals surface area contributed by atoms with Gasteiger partial charge in [-0.2, -0.15) is 13.2 Å². The fraction of sp³-hybridized carbons (Fsp3) is 0.364. The van der Waals surface area contributed by atoms with E-state index in [0.29, 0.717) is 17.9 Å². The van der Waals surface area contributed by atoms with Crippen molar-refractivity contribution in [1.82, 2.24) is 14.5 Å². The fourth-order valence-electron chi connectivity index (χ4n) is 3.04. The standard InChI is InChI=1S/C22H26F3N3O2Si/c1-15-11-17(29)6-7-18(15)19-8-5-16(12-26-19)21-27-20(22(23,24)25)13-28(21)14-30-9-10-31(2,3)4/h5-8,11-13,29H,9-10,14H2,1-4H3. The SMILES string of the molecule is Cc1cc(O)ccc1-c1ccc(-c2nc(C(F)(F)F)cn2COCC[Si](C)(C)C)cn1. The maximum Gasteiger partial charge on any atom is 0.434 e. The molecule has 0 fully saturated rings. The zero-order valence-corrected chi connectivity index (χ0v) is 19.0. The normalized spacial score (nSPS) is 12.4. The van der Waals surface area contributed by atoms with Gasteiger partial charge in [-0.25, -0.2) is 4.98 Å². The highest BCUT2D eigenvalue weighted by Gasteiger charge is 2.35. The van der Waals surface area contributed by atoms with E-state index in [1.165, 1.54) is 10.8 Å². The van der Waals surface area contributed by atoms with E-state index in [2.05, 4.69) is 29.6 Å². The van der Waals surface area contributed by atoms with Crippen molar-refractivity contribution in [1.29, 1.82) is 0 Å². The minimum Gasteiger partial charge on any atom is -0.508 e. The van der Waals surface area contributed by atoms with Crippen molar-refractivity contribution in [3.63, 3.8) is 0 Å². The summed E-state index contributed by atoms with van der Waals surface area (Å²) in [7, 11) is -1.30. The van der Waals surface area contributed by atoms with Crippen molar-refractivity contribution in [3.8, 4) is 28.4 Å². The van der Waals surface area contributed by atoms with Crippen LogP contribution in [-0.2, 0) is 17.6 Å². The Hall–Kier alpha value is -2.65. The third-order valence-electron chi connectivity index (χ3n) is 4.80. The molecule has 2 aromatic heterocycles. The van der Waals surface area contributed by atoms with E-state index in [1.807, 2.05) is 6.92 Å². The second kappa shape index (κ2) is 8.84. The topological polar surface area (TPSA) is 60.2 Å². The summed E-state index contributed by atoms with van der Waals surface area (Å²) < 4.78 is 46.8. The van der Waals surface area contributed by atoms with E-state index in [9.17, 15) is 18.3 Å². The summed E-state index contributed by atoms with van der Waals surface area (Å²) >= 11 is 0. The summed E-state index contributed by atoms with van der Waals surface area (Å²) in [6.45, 7) is 8.97. The van der Waals surface area contributed by atoms with Crippen molar-refractivity contribution < 1.29 is 23.0 Å². The molecule has 5 nitrogen and oxygen atoms in total. The van der Waals surface area contributed by atoms with Gasteiger partial charge in [-0.15, -0.1) is 0 Å². The van der Waals surface area contributed by atoms with Crippen LogP contribution in [0.3, 0.4) is 0 Å². The Bertz CT molecular complexity index is 1040. The van der Waals surface area contributed by atoms with Crippen LogP contribution in [0.25, 0.3) is 22.6 Å². The Balaban J connectivity index is 1.87. The number of phenolic OH excluding ortho intramolecular Hbond substituents is 1. The highest BCUT2D eigenvalue weighted by atomic mass is 28.3. The van der Waals surface area contributed by atoms with Gasteiger partial charge in [0.15, 0.2) is 5.69 Å². The minimum absolute atomic E-state index is 0.0122. The van der Waals surface area contributed by atoms with Gasteiger partial charge in [-0.05, 0) is 48.9 Å². The number of nitrogens with zero attached hydrogens (tertiary/aromatic N) is 3. The van der Waals surface area contributed by atoms with Gasteiger partial charge in [0.2, 0.25) is 0 Å². The number of imidazole rings is 1. The number of hydrogen-bond acceptors (Lipinski definition) is 4. The predicted octanol–water partition coefficient (Wildman–Crippen LogP) is 5.96. The molecule has 1 N–H and O–H groups in total. The molecule has 31 heavy (non-hydrogen) atoms. The number of ether oxygens (including phenoxy) is 1. The number of pyridine rings is 1. The van der Waals surface area contributed by atoms with Gasteiger partial charge in [-0.1, -0.05) is 19.6 Å². The summed E-state index contributed by atoms with van der Waals surface area (Å²) in [5, 5.41) is 9.58. The summed E-state index contributed by atoms with van der Waals surface area (Å²) in [6, 6.07) is 9.29. The van der Waals surface area contributed by atoms with E-state index >= 15 is 0 Å². The molecule has 0 unspecified atom stereocenters. The molecule has 166 valence electrons. The summed E-state index contributed by atoms with van der Waals surface area (Å²) in [4.78, 5) is 8.21. The highest BCUT2D eigenvalue weighted by Crippen LogP contribution is 2.32. The molecule has 0 bridgehead atoms. The number of halogens is 3. The predicted molar refractivity (Wildman–Crippen MR) is 116 cm³/mol. The molecule has 0 spiro atoms. The molecule has 3 aromatic rings. The van der Waals surface area contributed by atoms with Crippen LogP contribution in [-0.4, -0.2) is 34.3 Å². The molecule has 9 heteroatoms. The number of aromatic hydroxyl groups is 1. The van der Waals surface area contributed by atoms with Crippen LogP contribution in [0.5, 0.6) is 5.75 Å². The zero-order chi connectivity index (χ0) is 22.8. The molecule has 0 saturated heterocycles. The number of benzene rings is 1. The molecule has 0 atom stereocenters. The Kier molecular flexibility index (Phi) is 6.56. The number of alkyl halides is 3. The van der Waals surface area contributed by atoms with Crippen molar-refractivity contribution in [3.05, 3.63) is 54.0 Å². The Morgan fingerprint density at radius 2 is 1.87 bits per heavy atom. The van der Waals surface area contributed by atoms with Gasteiger partial charge in [0.05, 0.1) is 5.69 Å². The molecule has 0 saturated carbocycles. The van der Waals surface area contributed by atoms with Crippen LogP contribution in [0.1, 0.15) is 11.3 Å². The van der Waals surface area contributed by atoms with E-state index in [0.717, 1.165) is 23.4 Å². The summed E-state index contributed by atoms with van der Waals surface area (Å²) in [5.41, 5.74) is 1.83. The number of rotatable bonds is 7. The second-order valence-electron chi connectivity index (χ2n) is 8.70. The largest absolute Gasteiger partial charge is 0.508 e. The molecule has 0 radical (unpaired) electrons. The van der Waals surface area contributed by atoms with Crippen LogP contribution >= 0.6 is 0 Å². The lowest BCUT2D eigenvalue weighted by Gasteiger charge is -2.16. The average molecular weight is 450 g/mol. The molecule has 0 aliphatic carbocycles. The first-order valence-corrected chi connectivity index (χ1v) is 13.6. The third-order valence-corrected chi connectivity index (χ3v) is 6.51. The monoisotopic (exact) mass is 449 g/mol. The van der Waals surface area contributed by atoms with Crippen molar-refractivity contribution in [2.75, 3.05) is 6.61 Å². The maximum absolute atomic E-state index is 13.3. The average Bonchev–Trinajstić information content (AvgIpc) is 3.09. The van der Waals surface area contributed by atoms with Crippen molar-refractivity contribution in [2.24, 2.45) is 0 Å². The van der Waals surface area contributed by atoms with Gasteiger partial charge in [0, 0.05) is 38.2 Å². The quantitative estimate of drug-likeness (QED) is 0.357. The molecule has 0 amide bonds. The number of aromatic nitrogens is 3. The van der Waals surface area contributed by atoms with Gasteiger partial charge < -0.3 is 14.4 Å². The first-order chi connectivity index (χ1) is 14.4. The smallest absolute Gasteiger partial charge is 0.434 e. The molecule has 0 aliphatic heterocycles. The van der Waals surface area contributed by atoms with E-state index in [1.54, 1.807) is 30.3 Å². The third kappa shape index (κ3) is 5.95. The van der Waals surface area contributed by atoms with Crippen LogP contribution in [0, 0.1) is 6.92 Å².